The van der Waals surface area contributed by atoms with Gasteiger partial charge in [-0.25, -0.2) is 0 Å². The molecule has 2 heteroatoms. The predicted molar refractivity (Wildman–Crippen MR) is 56.6 cm³/mol. The number of carbonyl (C=O) groups is 1. The van der Waals surface area contributed by atoms with Gasteiger partial charge in [-0.2, -0.15) is 0 Å². The van der Waals surface area contributed by atoms with Crippen molar-refractivity contribution >= 4 is 6.41 Å². The molecule has 0 atom stereocenters. The average Bonchev–Trinajstić information content (AvgIpc) is 3.02. The predicted octanol–water partition coefficient (Wildman–Crippen LogP) is 1.65. The Morgan fingerprint density at radius 3 is 2.64 bits per heavy atom. The fourth-order valence-electron chi connectivity index (χ4n) is 1.30. The SMILES string of the molecule is C#Cc1cccc(C2CC2)c1.NC=O. The molecule has 0 heterocycles. The molecule has 1 amide bonds. The number of nitrogens with two attached hydrogens (primary N) is 1. The molecule has 0 bridgehead atoms. The quantitative estimate of drug-likeness (QED) is 0.527. The zero-order valence-corrected chi connectivity index (χ0v) is 7.94. The number of hydrogen-bond donors (Lipinski definition) is 1. The Hall–Kier alpha value is -1.75. The molecule has 1 fully saturated rings. The van der Waals surface area contributed by atoms with Gasteiger partial charge in [0.15, 0.2) is 0 Å². The molecule has 0 spiro atoms. The van der Waals surface area contributed by atoms with Crippen molar-refractivity contribution in [2.45, 2.75) is 18.8 Å². The van der Waals surface area contributed by atoms with E-state index >= 15 is 0 Å². The fourth-order valence-corrected chi connectivity index (χ4v) is 1.30. The maximum atomic E-state index is 8.58. The Labute approximate surface area is 84.1 Å². The van der Waals surface area contributed by atoms with Crippen LogP contribution in [0.5, 0.6) is 0 Å². The summed E-state index contributed by atoms with van der Waals surface area (Å²) in [4.78, 5) is 8.58. The third kappa shape index (κ3) is 2.95. The van der Waals surface area contributed by atoms with Gasteiger partial charge in [-0.1, -0.05) is 18.1 Å². The van der Waals surface area contributed by atoms with Crippen LogP contribution in [0.25, 0.3) is 0 Å². The molecule has 72 valence electrons. The van der Waals surface area contributed by atoms with Crippen LogP contribution in [0.2, 0.25) is 0 Å². The molecular formula is C12H13NO. The number of primary amides is 1. The van der Waals surface area contributed by atoms with Crippen molar-refractivity contribution < 1.29 is 4.79 Å². The lowest BCUT2D eigenvalue weighted by Gasteiger charge is -1.96. The summed E-state index contributed by atoms with van der Waals surface area (Å²) in [6.07, 6.45) is 8.22. The summed E-state index contributed by atoms with van der Waals surface area (Å²) in [5.74, 6) is 3.46. The Kier molecular flexibility index (Phi) is 3.75. The van der Waals surface area contributed by atoms with Crippen LogP contribution in [-0.2, 0) is 4.79 Å². The maximum absolute atomic E-state index is 8.58. The standard InChI is InChI=1S/C11H10.CH3NO/c1-2-9-4-3-5-11(8-9)10-6-7-10;2-1-3/h1,3-5,8,10H,6-7H2;1H,(H2,2,3). The van der Waals surface area contributed by atoms with Crippen LogP contribution in [0, 0.1) is 12.3 Å². The lowest BCUT2D eigenvalue weighted by Crippen LogP contribution is -1.82. The number of benzene rings is 1. The monoisotopic (exact) mass is 187 g/mol. The van der Waals surface area contributed by atoms with Crippen molar-refractivity contribution in [1.82, 2.24) is 0 Å². The second-order valence-corrected chi connectivity index (χ2v) is 3.18. The Balaban J connectivity index is 0.000000293. The third-order valence-corrected chi connectivity index (χ3v) is 2.10. The minimum Gasteiger partial charge on any atom is -0.372 e. The summed E-state index contributed by atoms with van der Waals surface area (Å²) in [6.45, 7) is 0. The van der Waals surface area contributed by atoms with E-state index < -0.39 is 0 Å². The highest BCUT2D eigenvalue weighted by Crippen LogP contribution is 2.39. The van der Waals surface area contributed by atoms with Crippen LogP contribution in [0.4, 0.5) is 0 Å². The zero-order valence-electron chi connectivity index (χ0n) is 7.94. The van der Waals surface area contributed by atoms with Gasteiger partial charge < -0.3 is 5.73 Å². The molecule has 0 saturated heterocycles. The fraction of sp³-hybridized carbons (Fsp3) is 0.250. The summed E-state index contributed by atoms with van der Waals surface area (Å²) >= 11 is 0. The highest BCUT2D eigenvalue weighted by atomic mass is 16.1. The molecule has 14 heavy (non-hydrogen) atoms. The van der Waals surface area contributed by atoms with Gasteiger partial charge in [-0.3, -0.25) is 4.79 Å². The molecule has 1 saturated carbocycles. The molecule has 0 radical (unpaired) electrons. The van der Waals surface area contributed by atoms with E-state index in [9.17, 15) is 0 Å². The van der Waals surface area contributed by atoms with Gasteiger partial charge in [0.25, 0.3) is 0 Å². The lowest BCUT2D eigenvalue weighted by atomic mass is 10.1. The molecule has 2 rings (SSSR count). The molecule has 1 aromatic carbocycles. The van der Waals surface area contributed by atoms with Crippen LogP contribution >= 0.6 is 0 Å². The molecule has 1 aromatic rings. The third-order valence-electron chi connectivity index (χ3n) is 2.10. The normalized spacial score (nSPS) is 13.4. The zero-order chi connectivity index (χ0) is 10.4. The highest BCUT2D eigenvalue weighted by Gasteiger charge is 2.22. The number of rotatable bonds is 1. The number of hydrogen-bond acceptors (Lipinski definition) is 1. The van der Waals surface area contributed by atoms with Gasteiger partial charge in [0.2, 0.25) is 6.41 Å². The molecular weight excluding hydrogens is 174 g/mol. The first-order valence-corrected chi connectivity index (χ1v) is 4.53. The van der Waals surface area contributed by atoms with E-state index in [0.29, 0.717) is 0 Å². The van der Waals surface area contributed by atoms with Gasteiger partial charge in [-0.15, -0.1) is 6.42 Å². The summed E-state index contributed by atoms with van der Waals surface area (Å²) < 4.78 is 0. The van der Waals surface area contributed by atoms with Crippen molar-refractivity contribution in [3.8, 4) is 12.3 Å². The summed E-state index contributed by atoms with van der Waals surface area (Å²) in [6, 6.07) is 8.31. The first kappa shape index (κ1) is 10.3. The smallest absolute Gasteiger partial charge is 0.204 e. The van der Waals surface area contributed by atoms with Crippen molar-refractivity contribution in [1.29, 1.82) is 0 Å². The van der Waals surface area contributed by atoms with E-state index in [1.807, 2.05) is 12.1 Å². The second kappa shape index (κ2) is 5.08. The van der Waals surface area contributed by atoms with Gasteiger partial charge in [0, 0.05) is 5.56 Å². The van der Waals surface area contributed by atoms with Gasteiger partial charge >= 0.3 is 0 Å². The summed E-state index contributed by atoms with van der Waals surface area (Å²) in [5, 5.41) is 0. The van der Waals surface area contributed by atoms with E-state index in [0.717, 1.165) is 11.5 Å². The minimum atomic E-state index is 0.250. The van der Waals surface area contributed by atoms with E-state index in [4.69, 9.17) is 11.2 Å². The molecule has 0 unspecified atom stereocenters. The summed E-state index contributed by atoms with van der Waals surface area (Å²) in [7, 11) is 0. The van der Waals surface area contributed by atoms with Crippen LogP contribution in [0.1, 0.15) is 29.9 Å². The van der Waals surface area contributed by atoms with Crippen molar-refractivity contribution in [2.24, 2.45) is 5.73 Å². The van der Waals surface area contributed by atoms with Gasteiger partial charge in [0.1, 0.15) is 0 Å². The van der Waals surface area contributed by atoms with Crippen molar-refractivity contribution in [3.63, 3.8) is 0 Å². The maximum Gasteiger partial charge on any atom is 0.204 e. The van der Waals surface area contributed by atoms with Gasteiger partial charge in [0.05, 0.1) is 0 Å². The minimum absolute atomic E-state index is 0.250. The van der Waals surface area contributed by atoms with Crippen LogP contribution < -0.4 is 5.73 Å². The van der Waals surface area contributed by atoms with Crippen molar-refractivity contribution in [2.75, 3.05) is 0 Å². The van der Waals surface area contributed by atoms with Gasteiger partial charge in [-0.05, 0) is 36.5 Å². The highest BCUT2D eigenvalue weighted by molar-refractivity contribution is 5.42. The van der Waals surface area contributed by atoms with E-state index in [-0.39, 0.29) is 6.41 Å². The first-order valence-electron chi connectivity index (χ1n) is 4.53. The van der Waals surface area contributed by atoms with E-state index in [2.05, 4.69) is 23.8 Å². The Bertz CT molecular complexity index is 348. The molecule has 1 aliphatic carbocycles. The average molecular weight is 187 g/mol. The number of carbonyl (C=O) groups excluding carboxylic acids is 1. The topological polar surface area (TPSA) is 43.1 Å². The molecule has 2 N–H and O–H groups in total. The number of amides is 1. The largest absolute Gasteiger partial charge is 0.372 e. The van der Waals surface area contributed by atoms with E-state index in [1.54, 1.807) is 0 Å². The Morgan fingerprint density at radius 2 is 2.14 bits per heavy atom. The van der Waals surface area contributed by atoms with Crippen LogP contribution in [0.15, 0.2) is 24.3 Å². The number of terminal acetylenes is 1. The van der Waals surface area contributed by atoms with E-state index in [1.165, 1.54) is 18.4 Å². The summed E-state index contributed by atoms with van der Waals surface area (Å²) in [5.41, 5.74) is 6.59. The first-order chi connectivity index (χ1) is 6.81. The van der Waals surface area contributed by atoms with Crippen molar-refractivity contribution in [3.05, 3.63) is 35.4 Å². The lowest BCUT2D eigenvalue weighted by molar-refractivity contribution is -0.106. The van der Waals surface area contributed by atoms with Crippen LogP contribution in [-0.4, -0.2) is 6.41 Å². The Morgan fingerprint density at radius 1 is 1.50 bits per heavy atom. The molecule has 2 nitrogen and oxygen atoms in total. The second-order valence-electron chi connectivity index (χ2n) is 3.18. The molecule has 0 aromatic heterocycles. The molecule has 0 aliphatic heterocycles. The molecule has 1 aliphatic rings. The van der Waals surface area contributed by atoms with Crippen LogP contribution in [0.3, 0.4) is 0 Å².